The molecule has 0 spiro atoms. The zero-order chi connectivity index (χ0) is 23.7. The minimum Gasteiger partial charge on any atom is -0.465 e. The number of carbonyl (C=O) groups excluding carboxylic acids is 4. The average molecular weight is 461 g/mol. The van der Waals surface area contributed by atoms with Gasteiger partial charge in [-0.3, -0.25) is 14.8 Å². The third kappa shape index (κ3) is 4.25. The first-order valence-electron chi connectivity index (χ1n) is 9.09. The van der Waals surface area contributed by atoms with Crippen molar-refractivity contribution in [1.29, 1.82) is 0 Å². The number of methoxy groups -OCH3 is 2. The number of imide groups is 1. The molecule has 1 atom stereocenters. The number of benzene rings is 2. The van der Waals surface area contributed by atoms with Gasteiger partial charge in [-0.05, 0) is 42.8 Å². The first-order valence-corrected chi connectivity index (χ1v) is 10.6. The lowest BCUT2D eigenvalue weighted by atomic mass is 9.92. The van der Waals surface area contributed by atoms with E-state index in [1.807, 2.05) is 0 Å². The van der Waals surface area contributed by atoms with E-state index in [1.165, 1.54) is 31.2 Å². The zero-order valence-electron chi connectivity index (χ0n) is 17.2. The van der Waals surface area contributed by atoms with Crippen molar-refractivity contribution in [3.05, 3.63) is 59.2 Å². The molecule has 11 nitrogen and oxygen atoms in total. The van der Waals surface area contributed by atoms with Gasteiger partial charge in [0.2, 0.25) is 0 Å². The molecule has 1 fully saturated rings. The van der Waals surface area contributed by atoms with Crippen molar-refractivity contribution in [2.45, 2.75) is 17.4 Å². The molecule has 3 amide bonds. The number of hydrogen-bond acceptors (Lipinski definition) is 8. The third-order valence-corrected chi connectivity index (χ3v) is 6.18. The summed E-state index contributed by atoms with van der Waals surface area (Å²) < 4.78 is 37.3. The molecule has 1 aliphatic rings. The fourth-order valence-electron chi connectivity index (χ4n) is 3.06. The van der Waals surface area contributed by atoms with Crippen LogP contribution in [0.1, 0.15) is 33.2 Å². The molecule has 12 heteroatoms. The Hall–Kier alpha value is -3.93. The number of urea groups is 1. The molecule has 1 aliphatic heterocycles. The van der Waals surface area contributed by atoms with Crippen LogP contribution >= 0.6 is 0 Å². The normalized spacial score (nSPS) is 17.8. The van der Waals surface area contributed by atoms with Crippen LogP contribution in [0.5, 0.6) is 0 Å². The van der Waals surface area contributed by atoms with Gasteiger partial charge in [0, 0.05) is 5.69 Å². The van der Waals surface area contributed by atoms with Crippen LogP contribution in [0, 0.1) is 0 Å². The van der Waals surface area contributed by atoms with E-state index in [1.54, 1.807) is 0 Å². The lowest BCUT2D eigenvalue weighted by Gasteiger charge is -2.21. The second-order valence-electron chi connectivity index (χ2n) is 6.95. The number of ether oxygens (including phenoxy) is 2. The summed E-state index contributed by atoms with van der Waals surface area (Å²) >= 11 is 0. The highest BCUT2D eigenvalue weighted by Crippen LogP contribution is 2.27. The predicted molar refractivity (Wildman–Crippen MR) is 110 cm³/mol. The Morgan fingerprint density at radius 2 is 1.47 bits per heavy atom. The first-order chi connectivity index (χ1) is 15.0. The van der Waals surface area contributed by atoms with E-state index in [-0.39, 0.29) is 21.7 Å². The molecule has 0 radical (unpaired) electrons. The van der Waals surface area contributed by atoms with E-state index in [4.69, 9.17) is 0 Å². The molecule has 1 saturated heterocycles. The number of esters is 2. The Balaban J connectivity index is 1.92. The zero-order valence-corrected chi connectivity index (χ0v) is 18.0. The van der Waals surface area contributed by atoms with Gasteiger partial charge in [0.05, 0.1) is 30.2 Å². The quantitative estimate of drug-likeness (QED) is 0.427. The van der Waals surface area contributed by atoms with E-state index in [0.717, 1.165) is 32.4 Å². The average Bonchev–Trinajstić information content (AvgIpc) is 3.04. The molecule has 168 valence electrons. The van der Waals surface area contributed by atoms with Crippen molar-refractivity contribution in [3.63, 3.8) is 0 Å². The predicted octanol–water partition coefficient (Wildman–Crippen LogP) is 1.12. The highest BCUT2D eigenvalue weighted by molar-refractivity contribution is 7.92. The molecule has 3 rings (SSSR count). The molecule has 0 bridgehead atoms. The van der Waals surface area contributed by atoms with Gasteiger partial charge in [0.25, 0.3) is 15.9 Å². The van der Waals surface area contributed by atoms with E-state index in [0.29, 0.717) is 5.56 Å². The molecule has 2 aromatic carbocycles. The Bertz CT molecular complexity index is 1190. The number of nitrogens with one attached hydrogen (secondary N) is 3. The maximum absolute atomic E-state index is 12.9. The molecule has 3 N–H and O–H groups in total. The molecule has 32 heavy (non-hydrogen) atoms. The second kappa shape index (κ2) is 8.30. The maximum atomic E-state index is 12.9. The van der Waals surface area contributed by atoms with Crippen molar-refractivity contribution < 1.29 is 37.1 Å². The van der Waals surface area contributed by atoms with Crippen molar-refractivity contribution in [3.8, 4) is 0 Å². The minimum absolute atomic E-state index is 0.144. The molecule has 0 saturated carbocycles. The molecule has 1 unspecified atom stereocenters. The van der Waals surface area contributed by atoms with E-state index < -0.39 is 39.4 Å². The highest BCUT2D eigenvalue weighted by Gasteiger charge is 2.43. The van der Waals surface area contributed by atoms with Gasteiger partial charge in [-0.2, -0.15) is 0 Å². The van der Waals surface area contributed by atoms with E-state index >= 15 is 0 Å². The molecule has 2 aromatic rings. The smallest absolute Gasteiger partial charge is 0.337 e. The Morgan fingerprint density at radius 3 is 1.91 bits per heavy atom. The monoisotopic (exact) mass is 461 g/mol. The van der Waals surface area contributed by atoms with Crippen LogP contribution in [0.2, 0.25) is 0 Å². The van der Waals surface area contributed by atoms with Crippen LogP contribution in [0.25, 0.3) is 0 Å². The summed E-state index contributed by atoms with van der Waals surface area (Å²) in [7, 11) is -1.98. The van der Waals surface area contributed by atoms with Gasteiger partial charge in [-0.1, -0.05) is 12.1 Å². The molecule has 0 aromatic heterocycles. The number of carbonyl (C=O) groups is 4. The number of hydrogen-bond donors (Lipinski definition) is 3. The summed E-state index contributed by atoms with van der Waals surface area (Å²) in [6.45, 7) is 1.51. The lowest BCUT2D eigenvalue weighted by Crippen LogP contribution is -2.40. The van der Waals surface area contributed by atoms with Crippen molar-refractivity contribution >= 4 is 39.6 Å². The first kappa shape index (κ1) is 22.7. The van der Waals surface area contributed by atoms with Crippen LogP contribution < -0.4 is 15.4 Å². The number of amides is 3. The van der Waals surface area contributed by atoms with Gasteiger partial charge < -0.3 is 14.8 Å². The van der Waals surface area contributed by atoms with Crippen LogP contribution in [0.15, 0.2) is 47.4 Å². The lowest BCUT2D eigenvalue weighted by molar-refractivity contribution is -0.123. The van der Waals surface area contributed by atoms with Gasteiger partial charge >= 0.3 is 18.0 Å². The second-order valence-corrected chi connectivity index (χ2v) is 8.63. The number of sulfonamides is 1. The number of anilines is 1. The van der Waals surface area contributed by atoms with Crippen molar-refractivity contribution in [1.82, 2.24) is 10.6 Å². The largest absolute Gasteiger partial charge is 0.465 e. The van der Waals surface area contributed by atoms with Crippen LogP contribution in [-0.4, -0.2) is 46.5 Å². The van der Waals surface area contributed by atoms with Crippen LogP contribution in [0.3, 0.4) is 0 Å². The Morgan fingerprint density at radius 1 is 0.938 bits per heavy atom. The summed E-state index contributed by atoms with van der Waals surface area (Å²) in [6.07, 6.45) is 0. The van der Waals surface area contributed by atoms with Crippen molar-refractivity contribution in [2.75, 3.05) is 18.9 Å². The summed E-state index contributed by atoms with van der Waals surface area (Å²) in [5.74, 6) is -2.20. The van der Waals surface area contributed by atoms with E-state index in [9.17, 15) is 27.6 Å². The van der Waals surface area contributed by atoms with Crippen molar-refractivity contribution in [2.24, 2.45) is 0 Å². The van der Waals surface area contributed by atoms with E-state index in [2.05, 4.69) is 24.8 Å². The SMILES string of the molecule is COC(=O)c1cc(C(=O)OC)cc(S(=O)(=O)Nc2ccc(C3(C)NC(=O)NC3=O)cc2)c1. The van der Waals surface area contributed by atoms with Gasteiger partial charge in [-0.15, -0.1) is 0 Å². The molecular weight excluding hydrogens is 442 g/mol. The summed E-state index contributed by atoms with van der Waals surface area (Å²) in [6, 6.07) is 8.43. The Labute approximate surface area is 183 Å². The maximum Gasteiger partial charge on any atom is 0.337 e. The summed E-state index contributed by atoms with van der Waals surface area (Å²) in [4.78, 5) is 46.9. The summed E-state index contributed by atoms with van der Waals surface area (Å²) in [5.41, 5.74) is -1.02. The van der Waals surface area contributed by atoms with Gasteiger partial charge in [0.15, 0.2) is 0 Å². The Kier molecular flexibility index (Phi) is 5.90. The summed E-state index contributed by atoms with van der Waals surface area (Å²) in [5, 5.41) is 4.65. The van der Waals surface area contributed by atoms with Gasteiger partial charge in [-0.25, -0.2) is 22.8 Å². The standard InChI is InChI=1S/C20H19N3O8S/c1-20(18(26)21-19(27)22-20)13-4-6-14(7-5-13)23-32(28,29)15-9-11(16(24)30-2)8-12(10-15)17(25)31-3/h4-10,23H,1-3H3,(H2,21,22,26,27). The minimum atomic E-state index is -4.22. The molecule has 0 aliphatic carbocycles. The fraction of sp³-hybridized carbons (Fsp3) is 0.200. The molecule has 1 heterocycles. The third-order valence-electron chi connectivity index (χ3n) is 4.82. The molecular formula is C20H19N3O8S. The van der Waals surface area contributed by atoms with Crippen LogP contribution in [-0.2, 0) is 29.8 Å². The number of rotatable bonds is 6. The topological polar surface area (TPSA) is 157 Å². The fourth-order valence-corrected chi connectivity index (χ4v) is 4.19. The van der Waals surface area contributed by atoms with Gasteiger partial charge in [0.1, 0.15) is 5.54 Å². The van der Waals surface area contributed by atoms with Crippen LogP contribution in [0.4, 0.5) is 10.5 Å². The highest BCUT2D eigenvalue weighted by atomic mass is 32.2.